The minimum absolute atomic E-state index is 0.0158. The fraction of sp³-hybridized carbons (Fsp3) is 0.176. The highest BCUT2D eigenvalue weighted by atomic mass is 35.5. The topological polar surface area (TPSA) is 92.5 Å². The van der Waals surface area contributed by atoms with Crippen molar-refractivity contribution in [3.63, 3.8) is 0 Å². The summed E-state index contributed by atoms with van der Waals surface area (Å²) in [5.41, 5.74) is 0.620. The molecule has 9 heteroatoms. The Morgan fingerprint density at radius 2 is 1.88 bits per heavy atom. The van der Waals surface area contributed by atoms with Crippen LogP contribution in [0.4, 0.5) is 17.1 Å². The molecule has 0 bridgehead atoms. The summed E-state index contributed by atoms with van der Waals surface area (Å²) in [5, 5.41) is 14.1. The number of nitro benzene ring substituents is 1. The van der Waals surface area contributed by atoms with Crippen molar-refractivity contribution >= 4 is 52.1 Å². The van der Waals surface area contributed by atoms with Crippen LogP contribution in [0.5, 0.6) is 0 Å². The molecule has 0 aliphatic carbocycles. The van der Waals surface area contributed by atoms with Crippen molar-refractivity contribution in [2.24, 2.45) is 5.92 Å². The van der Waals surface area contributed by atoms with Crippen LogP contribution >= 0.6 is 23.2 Å². The zero-order valence-electron chi connectivity index (χ0n) is 13.3. The summed E-state index contributed by atoms with van der Waals surface area (Å²) in [6.45, 7) is 0.224. The van der Waals surface area contributed by atoms with Crippen LogP contribution in [0.1, 0.15) is 6.42 Å². The summed E-state index contributed by atoms with van der Waals surface area (Å²) in [7, 11) is 0. The molecule has 1 fully saturated rings. The van der Waals surface area contributed by atoms with E-state index < -0.39 is 10.8 Å². The molecule has 1 saturated heterocycles. The number of amides is 2. The highest BCUT2D eigenvalue weighted by Gasteiger charge is 2.35. The molecule has 1 atom stereocenters. The number of carbonyl (C=O) groups is 2. The molecule has 134 valence electrons. The normalized spacial score (nSPS) is 16.6. The van der Waals surface area contributed by atoms with E-state index in [9.17, 15) is 19.7 Å². The number of hydrogen-bond acceptors (Lipinski definition) is 4. The summed E-state index contributed by atoms with van der Waals surface area (Å²) in [4.78, 5) is 36.5. The van der Waals surface area contributed by atoms with Crippen LogP contribution in [0.25, 0.3) is 0 Å². The smallest absolute Gasteiger partial charge is 0.289 e. The number of rotatable bonds is 4. The number of nitrogens with zero attached hydrogens (tertiary/aromatic N) is 2. The van der Waals surface area contributed by atoms with E-state index in [2.05, 4.69) is 5.32 Å². The van der Waals surface area contributed by atoms with Gasteiger partial charge < -0.3 is 10.2 Å². The Morgan fingerprint density at radius 3 is 2.54 bits per heavy atom. The molecule has 2 aromatic rings. The first-order valence-electron chi connectivity index (χ1n) is 7.66. The Kier molecular flexibility index (Phi) is 5.11. The summed E-state index contributed by atoms with van der Waals surface area (Å²) in [6, 6.07) is 10.8. The van der Waals surface area contributed by atoms with E-state index in [1.54, 1.807) is 24.3 Å². The van der Waals surface area contributed by atoms with Crippen LogP contribution in [-0.4, -0.2) is 23.3 Å². The summed E-state index contributed by atoms with van der Waals surface area (Å²) in [5.74, 6) is -1.12. The highest BCUT2D eigenvalue weighted by Crippen LogP contribution is 2.29. The third kappa shape index (κ3) is 3.79. The van der Waals surface area contributed by atoms with Gasteiger partial charge in [-0.15, -0.1) is 0 Å². The number of benzene rings is 2. The van der Waals surface area contributed by atoms with Gasteiger partial charge in [-0.25, -0.2) is 0 Å². The fourth-order valence-electron chi connectivity index (χ4n) is 2.73. The number of anilines is 2. The first kappa shape index (κ1) is 18.2. The second-order valence-electron chi connectivity index (χ2n) is 5.79. The number of carbonyl (C=O) groups excluding carboxylic acids is 2. The van der Waals surface area contributed by atoms with Crippen molar-refractivity contribution in [2.45, 2.75) is 6.42 Å². The zero-order chi connectivity index (χ0) is 18.8. The average molecular weight is 394 g/mol. The van der Waals surface area contributed by atoms with Gasteiger partial charge in [-0.1, -0.05) is 23.2 Å². The van der Waals surface area contributed by atoms with Crippen molar-refractivity contribution in [1.29, 1.82) is 0 Å². The van der Waals surface area contributed by atoms with Gasteiger partial charge in [-0.2, -0.15) is 0 Å². The Labute approximate surface area is 158 Å². The van der Waals surface area contributed by atoms with Crippen LogP contribution in [0, 0.1) is 16.0 Å². The molecule has 26 heavy (non-hydrogen) atoms. The fourth-order valence-corrected chi connectivity index (χ4v) is 3.04. The Balaban J connectivity index is 1.71. The number of halogens is 2. The third-order valence-electron chi connectivity index (χ3n) is 4.04. The van der Waals surface area contributed by atoms with E-state index in [1.165, 1.54) is 23.1 Å². The van der Waals surface area contributed by atoms with Gasteiger partial charge in [0.1, 0.15) is 5.02 Å². The van der Waals surface area contributed by atoms with Crippen LogP contribution in [0.15, 0.2) is 42.5 Å². The van der Waals surface area contributed by atoms with Crippen LogP contribution in [-0.2, 0) is 9.59 Å². The van der Waals surface area contributed by atoms with Gasteiger partial charge in [0.2, 0.25) is 11.8 Å². The molecule has 0 unspecified atom stereocenters. The predicted molar refractivity (Wildman–Crippen MR) is 98.6 cm³/mol. The van der Waals surface area contributed by atoms with E-state index in [0.717, 1.165) is 0 Å². The quantitative estimate of drug-likeness (QED) is 0.629. The van der Waals surface area contributed by atoms with Gasteiger partial charge in [-0.05, 0) is 36.4 Å². The molecule has 0 saturated carbocycles. The third-order valence-corrected chi connectivity index (χ3v) is 4.62. The molecular formula is C17H13Cl2N3O4. The average Bonchev–Trinajstić information content (AvgIpc) is 2.99. The summed E-state index contributed by atoms with van der Waals surface area (Å²) in [6.07, 6.45) is 0.0597. The van der Waals surface area contributed by atoms with Crippen molar-refractivity contribution in [1.82, 2.24) is 0 Å². The second-order valence-corrected chi connectivity index (χ2v) is 6.64. The SMILES string of the molecule is O=C(Nc1ccc(Cl)c([N+](=O)[O-])c1)[C@H]1CC(=O)N(c2ccc(Cl)cc2)C1. The molecule has 2 amide bonds. The zero-order valence-corrected chi connectivity index (χ0v) is 14.8. The monoisotopic (exact) mass is 393 g/mol. The lowest BCUT2D eigenvalue weighted by atomic mass is 10.1. The van der Waals surface area contributed by atoms with Crippen molar-refractivity contribution in [2.75, 3.05) is 16.8 Å². The Hall–Kier alpha value is -2.64. The van der Waals surface area contributed by atoms with Gasteiger partial charge >= 0.3 is 0 Å². The number of nitro groups is 1. The van der Waals surface area contributed by atoms with Gasteiger partial charge in [0.15, 0.2) is 0 Å². The maximum absolute atomic E-state index is 12.4. The van der Waals surface area contributed by atoms with E-state index in [0.29, 0.717) is 10.7 Å². The van der Waals surface area contributed by atoms with Crippen LogP contribution < -0.4 is 10.2 Å². The van der Waals surface area contributed by atoms with Gasteiger partial charge in [0.25, 0.3) is 5.69 Å². The van der Waals surface area contributed by atoms with E-state index >= 15 is 0 Å². The van der Waals surface area contributed by atoms with Crippen molar-refractivity contribution < 1.29 is 14.5 Å². The largest absolute Gasteiger partial charge is 0.326 e. The molecule has 2 aromatic carbocycles. The van der Waals surface area contributed by atoms with Gasteiger partial charge in [-0.3, -0.25) is 19.7 Å². The molecule has 1 aliphatic rings. The standard InChI is InChI=1S/C17H13Cl2N3O4/c18-11-1-4-13(5-2-11)21-9-10(7-16(21)23)17(24)20-12-3-6-14(19)15(8-12)22(25)26/h1-6,8,10H,7,9H2,(H,20,24)/t10-/m0/s1. The summed E-state index contributed by atoms with van der Waals surface area (Å²) < 4.78 is 0. The molecule has 7 nitrogen and oxygen atoms in total. The van der Waals surface area contributed by atoms with Gasteiger partial charge in [0, 0.05) is 35.4 Å². The molecule has 0 radical (unpaired) electrons. The first-order chi connectivity index (χ1) is 12.3. The number of hydrogen-bond donors (Lipinski definition) is 1. The van der Waals surface area contributed by atoms with Crippen LogP contribution in [0.3, 0.4) is 0 Å². The maximum atomic E-state index is 12.4. The second kappa shape index (κ2) is 7.31. The van der Waals surface area contributed by atoms with Crippen molar-refractivity contribution in [3.8, 4) is 0 Å². The maximum Gasteiger partial charge on any atom is 0.289 e. The predicted octanol–water partition coefficient (Wildman–Crippen LogP) is 3.89. The molecule has 0 aromatic heterocycles. The van der Waals surface area contributed by atoms with E-state index in [-0.39, 0.29) is 41.2 Å². The lowest BCUT2D eigenvalue weighted by Crippen LogP contribution is -2.28. The molecule has 1 N–H and O–H groups in total. The number of nitrogens with one attached hydrogen (secondary N) is 1. The van der Waals surface area contributed by atoms with E-state index in [4.69, 9.17) is 23.2 Å². The van der Waals surface area contributed by atoms with Gasteiger partial charge in [0.05, 0.1) is 10.8 Å². The Morgan fingerprint density at radius 1 is 1.19 bits per heavy atom. The molecular weight excluding hydrogens is 381 g/mol. The molecule has 3 rings (SSSR count). The highest BCUT2D eigenvalue weighted by molar-refractivity contribution is 6.32. The Bertz CT molecular complexity index is 886. The van der Waals surface area contributed by atoms with E-state index in [1.807, 2.05) is 0 Å². The molecule has 1 heterocycles. The first-order valence-corrected chi connectivity index (χ1v) is 8.41. The minimum Gasteiger partial charge on any atom is -0.326 e. The lowest BCUT2D eigenvalue weighted by Gasteiger charge is -2.16. The lowest BCUT2D eigenvalue weighted by molar-refractivity contribution is -0.384. The molecule has 0 spiro atoms. The molecule has 1 aliphatic heterocycles. The minimum atomic E-state index is -0.626. The summed E-state index contributed by atoms with van der Waals surface area (Å²) >= 11 is 11.6. The van der Waals surface area contributed by atoms with Crippen molar-refractivity contribution in [3.05, 3.63) is 62.6 Å². The van der Waals surface area contributed by atoms with Crippen LogP contribution in [0.2, 0.25) is 10.0 Å².